The average Bonchev–Trinajstić information content (AvgIpc) is 2.35. The fourth-order valence-electron chi connectivity index (χ4n) is 0.599. The topological polar surface area (TPSA) is 36.7 Å². The zero-order valence-electron chi connectivity index (χ0n) is 5.72. The average molecular weight is 192 g/mol. The minimum atomic E-state index is -4.39. The Labute approximate surface area is 70.3 Å². The van der Waals surface area contributed by atoms with Gasteiger partial charge in [0, 0.05) is 5.38 Å². The molecular formula is C6H3F3N2S. The van der Waals surface area contributed by atoms with E-state index in [0.717, 1.165) is 0 Å². The van der Waals surface area contributed by atoms with Crippen LogP contribution < -0.4 is 0 Å². The van der Waals surface area contributed by atoms with Crippen molar-refractivity contribution in [2.24, 2.45) is 0 Å². The Morgan fingerprint density at radius 3 is 2.67 bits per heavy atom. The van der Waals surface area contributed by atoms with Gasteiger partial charge in [0.2, 0.25) is 0 Å². The van der Waals surface area contributed by atoms with Crippen LogP contribution in [0, 0.1) is 11.3 Å². The van der Waals surface area contributed by atoms with Gasteiger partial charge in [-0.25, -0.2) is 4.98 Å². The molecule has 1 rings (SSSR count). The molecule has 1 aromatic heterocycles. The maximum atomic E-state index is 11.9. The molecule has 1 aromatic rings. The summed E-state index contributed by atoms with van der Waals surface area (Å²) in [4.78, 5) is 3.24. The third kappa shape index (κ3) is 1.95. The van der Waals surface area contributed by atoms with Gasteiger partial charge in [-0.05, 0) is 0 Å². The Bertz CT molecular complexity index is 309. The maximum Gasteiger partial charge on any atom is 0.443 e. The van der Waals surface area contributed by atoms with E-state index in [1.54, 1.807) is 6.07 Å². The molecule has 12 heavy (non-hydrogen) atoms. The Kier molecular flexibility index (Phi) is 2.33. The molecule has 0 aliphatic heterocycles. The van der Waals surface area contributed by atoms with E-state index in [1.807, 2.05) is 0 Å². The van der Waals surface area contributed by atoms with Gasteiger partial charge in [0.05, 0.1) is 18.2 Å². The summed E-state index contributed by atoms with van der Waals surface area (Å²) < 4.78 is 35.7. The van der Waals surface area contributed by atoms with Gasteiger partial charge in [0.1, 0.15) is 0 Å². The van der Waals surface area contributed by atoms with Gasteiger partial charge in [0.25, 0.3) is 0 Å². The van der Waals surface area contributed by atoms with Crippen molar-refractivity contribution in [3.63, 3.8) is 0 Å². The van der Waals surface area contributed by atoms with Crippen LogP contribution in [0.1, 0.15) is 10.7 Å². The van der Waals surface area contributed by atoms with E-state index in [1.165, 1.54) is 5.38 Å². The quantitative estimate of drug-likeness (QED) is 0.684. The summed E-state index contributed by atoms with van der Waals surface area (Å²) in [5.41, 5.74) is 0.176. The highest BCUT2D eigenvalue weighted by Gasteiger charge is 2.34. The Balaban J connectivity index is 2.86. The van der Waals surface area contributed by atoms with Gasteiger partial charge in [0.15, 0.2) is 5.01 Å². The van der Waals surface area contributed by atoms with E-state index in [2.05, 4.69) is 4.98 Å². The molecule has 0 saturated carbocycles. The second-order valence-electron chi connectivity index (χ2n) is 1.98. The smallest absolute Gasteiger partial charge is 0.236 e. The van der Waals surface area contributed by atoms with Crippen LogP contribution in [0.15, 0.2) is 5.38 Å². The second kappa shape index (κ2) is 3.11. The van der Waals surface area contributed by atoms with Crippen LogP contribution in [0.2, 0.25) is 0 Å². The molecule has 0 fully saturated rings. The first-order chi connectivity index (χ1) is 5.54. The Morgan fingerprint density at radius 2 is 2.25 bits per heavy atom. The molecule has 2 nitrogen and oxygen atoms in total. The fraction of sp³-hybridized carbons (Fsp3) is 0.333. The molecule has 0 unspecified atom stereocenters. The number of rotatable bonds is 1. The van der Waals surface area contributed by atoms with Crippen LogP contribution in [0.4, 0.5) is 13.2 Å². The summed E-state index contributed by atoms with van der Waals surface area (Å²) >= 11 is 0.509. The predicted molar refractivity (Wildman–Crippen MR) is 36.4 cm³/mol. The lowest BCUT2D eigenvalue weighted by atomic mass is 10.4. The predicted octanol–water partition coefficient (Wildman–Crippen LogP) is 2.23. The van der Waals surface area contributed by atoms with Crippen molar-refractivity contribution >= 4 is 11.3 Å². The lowest BCUT2D eigenvalue weighted by Gasteiger charge is -1.98. The maximum absolute atomic E-state index is 11.9. The number of thiazole rings is 1. The third-order valence-electron chi connectivity index (χ3n) is 1.05. The summed E-state index contributed by atoms with van der Waals surface area (Å²) in [6.07, 6.45) is -4.47. The normalized spacial score (nSPS) is 11.2. The second-order valence-corrected chi connectivity index (χ2v) is 2.83. The van der Waals surface area contributed by atoms with Crippen LogP contribution >= 0.6 is 11.3 Å². The lowest BCUT2D eigenvalue weighted by Crippen LogP contribution is -2.03. The van der Waals surface area contributed by atoms with Crippen molar-refractivity contribution in [1.82, 2.24) is 4.98 Å². The first-order valence-electron chi connectivity index (χ1n) is 2.92. The number of hydrogen-bond acceptors (Lipinski definition) is 3. The molecule has 0 aromatic carbocycles. The highest BCUT2D eigenvalue weighted by molar-refractivity contribution is 7.09. The van der Waals surface area contributed by atoms with Crippen LogP contribution in [0.3, 0.4) is 0 Å². The zero-order valence-corrected chi connectivity index (χ0v) is 6.54. The summed E-state index contributed by atoms with van der Waals surface area (Å²) in [7, 11) is 0. The molecule has 0 bridgehead atoms. The van der Waals surface area contributed by atoms with Crippen molar-refractivity contribution in [2.45, 2.75) is 12.6 Å². The number of aromatic nitrogens is 1. The molecule has 0 spiro atoms. The monoisotopic (exact) mass is 192 g/mol. The molecule has 0 aliphatic carbocycles. The van der Waals surface area contributed by atoms with Crippen LogP contribution in [-0.4, -0.2) is 4.98 Å². The van der Waals surface area contributed by atoms with Gasteiger partial charge in [-0.3, -0.25) is 0 Å². The Hall–Kier alpha value is -1.09. The minimum absolute atomic E-state index is 0.0768. The fourth-order valence-corrected chi connectivity index (χ4v) is 1.29. The first kappa shape index (κ1) is 9.00. The van der Waals surface area contributed by atoms with Gasteiger partial charge in [-0.15, -0.1) is 11.3 Å². The molecule has 1 heterocycles. The molecule has 0 amide bonds. The van der Waals surface area contributed by atoms with E-state index in [-0.39, 0.29) is 12.1 Å². The molecule has 0 N–H and O–H groups in total. The molecule has 64 valence electrons. The Morgan fingerprint density at radius 1 is 1.58 bits per heavy atom. The molecule has 6 heteroatoms. The van der Waals surface area contributed by atoms with Gasteiger partial charge < -0.3 is 0 Å². The summed E-state index contributed by atoms with van der Waals surface area (Å²) in [6.45, 7) is 0. The zero-order chi connectivity index (χ0) is 9.19. The molecule has 0 atom stereocenters. The van der Waals surface area contributed by atoms with Gasteiger partial charge in [-0.1, -0.05) is 0 Å². The van der Waals surface area contributed by atoms with Crippen LogP contribution in [-0.2, 0) is 12.6 Å². The van der Waals surface area contributed by atoms with Crippen molar-refractivity contribution in [1.29, 1.82) is 5.26 Å². The van der Waals surface area contributed by atoms with Crippen molar-refractivity contribution in [3.8, 4) is 6.07 Å². The van der Waals surface area contributed by atoms with E-state index in [9.17, 15) is 13.2 Å². The third-order valence-corrected chi connectivity index (χ3v) is 1.99. The number of halogens is 3. The molecule has 0 aliphatic rings. The standard InChI is InChI=1S/C6H3F3N2S/c7-6(8,9)5-11-4(1-2-10)3-12-5/h3H,1H2. The van der Waals surface area contributed by atoms with E-state index in [4.69, 9.17) is 5.26 Å². The number of alkyl halides is 3. The molecular weight excluding hydrogens is 189 g/mol. The van der Waals surface area contributed by atoms with Crippen molar-refractivity contribution in [2.75, 3.05) is 0 Å². The van der Waals surface area contributed by atoms with Gasteiger partial charge >= 0.3 is 6.18 Å². The van der Waals surface area contributed by atoms with E-state index < -0.39 is 11.2 Å². The van der Waals surface area contributed by atoms with Gasteiger partial charge in [-0.2, -0.15) is 18.4 Å². The highest BCUT2D eigenvalue weighted by atomic mass is 32.1. The van der Waals surface area contributed by atoms with Crippen LogP contribution in [0.25, 0.3) is 0 Å². The minimum Gasteiger partial charge on any atom is -0.236 e. The number of hydrogen-bond donors (Lipinski definition) is 0. The largest absolute Gasteiger partial charge is 0.443 e. The summed E-state index contributed by atoms with van der Waals surface area (Å²) in [5, 5.41) is 8.51. The summed E-state index contributed by atoms with van der Waals surface area (Å²) in [5.74, 6) is 0. The summed E-state index contributed by atoms with van der Waals surface area (Å²) in [6, 6.07) is 1.73. The molecule has 0 radical (unpaired) electrons. The van der Waals surface area contributed by atoms with E-state index >= 15 is 0 Å². The van der Waals surface area contributed by atoms with E-state index in [0.29, 0.717) is 11.3 Å². The molecule has 0 saturated heterocycles. The number of nitriles is 1. The highest BCUT2D eigenvalue weighted by Crippen LogP contribution is 2.31. The first-order valence-corrected chi connectivity index (χ1v) is 3.80. The van der Waals surface area contributed by atoms with Crippen molar-refractivity contribution < 1.29 is 13.2 Å². The number of nitrogens with zero attached hydrogens (tertiary/aromatic N) is 2. The SMILES string of the molecule is N#CCc1csc(C(F)(F)F)n1. The van der Waals surface area contributed by atoms with Crippen molar-refractivity contribution in [3.05, 3.63) is 16.1 Å². The van der Waals surface area contributed by atoms with Crippen LogP contribution in [0.5, 0.6) is 0 Å². The lowest BCUT2D eigenvalue weighted by molar-refractivity contribution is -0.137.